The van der Waals surface area contributed by atoms with Crippen LogP contribution in [0.25, 0.3) is 17.1 Å². The first kappa shape index (κ1) is 33.4. The molecule has 0 N–H and O–H groups in total. The second-order valence-corrected chi connectivity index (χ2v) is 10.7. The number of piperazine rings is 1. The number of benzene rings is 3. The lowest BCUT2D eigenvalue weighted by Gasteiger charge is -2.37. The fourth-order valence-corrected chi connectivity index (χ4v) is 5.53. The Balaban J connectivity index is 0.00000242. The number of halogens is 4. The highest BCUT2D eigenvalue weighted by atomic mass is 35.5. The van der Waals surface area contributed by atoms with Crippen LogP contribution in [-0.4, -0.2) is 71.6 Å². The van der Waals surface area contributed by atoms with Crippen molar-refractivity contribution in [1.82, 2.24) is 19.4 Å². The smallest absolute Gasteiger partial charge is 0.274 e. The molecule has 6 nitrogen and oxygen atoms in total. The Bertz CT molecular complexity index is 1470. The number of anilines is 1. The average molecular weight is 633 g/mol. The molecule has 224 valence electrons. The normalized spacial score (nSPS) is 13.3. The van der Waals surface area contributed by atoms with Gasteiger partial charge in [0.05, 0.1) is 5.69 Å². The minimum absolute atomic E-state index is 0. The zero-order valence-electron chi connectivity index (χ0n) is 24.1. The van der Waals surface area contributed by atoms with E-state index in [2.05, 4.69) is 22.8 Å². The zero-order chi connectivity index (χ0) is 28.2. The molecule has 1 aliphatic rings. The van der Waals surface area contributed by atoms with E-state index < -0.39 is 0 Å². The molecule has 1 saturated heterocycles. The molecule has 1 aromatic heterocycles. The van der Waals surface area contributed by atoms with Gasteiger partial charge in [-0.25, -0.2) is 9.37 Å². The van der Waals surface area contributed by atoms with E-state index in [-0.39, 0.29) is 36.5 Å². The molecule has 0 radical (unpaired) electrons. The van der Waals surface area contributed by atoms with Crippen LogP contribution in [0.15, 0.2) is 72.8 Å². The highest BCUT2D eigenvalue weighted by molar-refractivity contribution is 6.31. The largest absolute Gasteiger partial charge is 0.369 e. The van der Waals surface area contributed by atoms with Crippen molar-refractivity contribution >= 4 is 48.0 Å². The molecule has 0 bridgehead atoms. The minimum Gasteiger partial charge on any atom is -0.369 e. The molecule has 0 unspecified atom stereocenters. The second kappa shape index (κ2) is 14.9. The fraction of sp³-hybridized carbons (Fsp3) is 0.312. The van der Waals surface area contributed by atoms with Crippen molar-refractivity contribution in [2.75, 3.05) is 51.2 Å². The number of rotatable bonds is 8. The first-order chi connectivity index (χ1) is 19.3. The van der Waals surface area contributed by atoms with Crippen molar-refractivity contribution in [1.29, 1.82) is 0 Å². The monoisotopic (exact) mass is 631 g/mol. The molecule has 0 saturated carbocycles. The molecule has 10 heteroatoms. The van der Waals surface area contributed by atoms with Crippen LogP contribution in [-0.2, 0) is 0 Å². The van der Waals surface area contributed by atoms with Crippen LogP contribution in [0.5, 0.6) is 0 Å². The van der Waals surface area contributed by atoms with E-state index in [9.17, 15) is 9.18 Å². The topological polar surface area (TPSA) is 44.6 Å². The van der Waals surface area contributed by atoms with Crippen LogP contribution in [0.4, 0.5) is 10.1 Å². The molecule has 2 heterocycles. The third-order valence-electron chi connectivity index (χ3n) is 7.69. The number of nitrogens with zero attached hydrogens (tertiary/aromatic N) is 5. The Morgan fingerprint density at radius 3 is 2.26 bits per heavy atom. The standard InChI is InChI=1S/C32H35ClFN5O.2ClH/c1-23-28(33)11-7-12-29(23)38-21-19-37(20-22-38)18-8-17-36(3)32(40)30-24(2)39(27-15-13-26(34)14-16-27)31(35-30)25-9-5-4-6-10-25;;/h4-7,9-16H,8,17-22H2,1-3H3;2*1H. The Hall–Kier alpha value is -3.10. The summed E-state index contributed by atoms with van der Waals surface area (Å²) < 4.78 is 15.6. The highest BCUT2D eigenvalue weighted by Gasteiger charge is 2.24. The number of carbonyl (C=O) groups excluding carboxylic acids is 1. The molecule has 3 aromatic carbocycles. The summed E-state index contributed by atoms with van der Waals surface area (Å²) in [4.78, 5) is 25.0. The Morgan fingerprint density at radius 2 is 1.60 bits per heavy atom. The maximum Gasteiger partial charge on any atom is 0.274 e. The molecular weight excluding hydrogens is 596 g/mol. The first-order valence-corrected chi connectivity index (χ1v) is 14.1. The van der Waals surface area contributed by atoms with Crippen LogP contribution in [0, 0.1) is 19.7 Å². The van der Waals surface area contributed by atoms with Gasteiger partial charge < -0.3 is 9.80 Å². The van der Waals surface area contributed by atoms with Gasteiger partial charge in [0.25, 0.3) is 5.91 Å². The molecule has 1 aliphatic heterocycles. The van der Waals surface area contributed by atoms with Gasteiger partial charge in [-0.05, 0) is 68.8 Å². The summed E-state index contributed by atoms with van der Waals surface area (Å²) >= 11 is 6.33. The second-order valence-electron chi connectivity index (χ2n) is 10.3. The van der Waals surface area contributed by atoms with Crippen molar-refractivity contribution in [3.63, 3.8) is 0 Å². The SMILES string of the molecule is Cc1c(Cl)cccc1N1CCN(CCCN(C)C(=O)c2nc(-c3ccccc3)n(-c3ccc(F)cc3)c2C)CC1.Cl.Cl. The number of aromatic nitrogens is 2. The summed E-state index contributed by atoms with van der Waals surface area (Å²) in [5.74, 6) is 0.242. The van der Waals surface area contributed by atoms with Gasteiger partial charge in [-0.2, -0.15) is 0 Å². The van der Waals surface area contributed by atoms with Gasteiger partial charge in [0, 0.05) is 61.7 Å². The molecular formula is C32H37Cl3FN5O. The van der Waals surface area contributed by atoms with Crippen molar-refractivity contribution in [3.8, 4) is 17.1 Å². The maximum absolute atomic E-state index is 13.6. The third-order valence-corrected chi connectivity index (χ3v) is 8.10. The summed E-state index contributed by atoms with van der Waals surface area (Å²) in [6, 6.07) is 22.1. The van der Waals surface area contributed by atoms with E-state index in [1.165, 1.54) is 17.8 Å². The van der Waals surface area contributed by atoms with Crippen LogP contribution in [0.1, 0.15) is 28.2 Å². The summed E-state index contributed by atoms with van der Waals surface area (Å²) in [5.41, 5.74) is 5.14. The summed E-state index contributed by atoms with van der Waals surface area (Å²) in [6.07, 6.45) is 0.877. The van der Waals surface area contributed by atoms with Gasteiger partial charge in [-0.1, -0.05) is 48.0 Å². The average Bonchev–Trinajstić information content (AvgIpc) is 3.32. The maximum atomic E-state index is 13.6. The van der Waals surface area contributed by atoms with Crippen LogP contribution >= 0.6 is 36.4 Å². The molecule has 0 atom stereocenters. The van der Waals surface area contributed by atoms with Crippen LogP contribution < -0.4 is 4.90 Å². The summed E-state index contributed by atoms with van der Waals surface area (Å²) in [6.45, 7) is 9.40. The van der Waals surface area contributed by atoms with Crippen molar-refractivity contribution in [2.45, 2.75) is 20.3 Å². The Morgan fingerprint density at radius 1 is 0.929 bits per heavy atom. The van der Waals surface area contributed by atoms with E-state index in [1.807, 2.05) is 61.0 Å². The van der Waals surface area contributed by atoms with Crippen molar-refractivity contribution in [3.05, 3.63) is 101 Å². The predicted molar refractivity (Wildman–Crippen MR) is 175 cm³/mol. The first-order valence-electron chi connectivity index (χ1n) is 13.7. The van der Waals surface area contributed by atoms with Crippen molar-refractivity contribution < 1.29 is 9.18 Å². The molecule has 0 spiro atoms. The van der Waals surface area contributed by atoms with Gasteiger partial charge in [-0.3, -0.25) is 14.3 Å². The lowest BCUT2D eigenvalue weighted by Crippen LogP contribution is -2.47. The van der Waals surface area contributed by atoms with Gasteiger partial charge in [-0.15, -0.1) is 24.8 Å². The van der Waals surface area contributed by atoms with E-state index in [1.54, 1.807) is 17.0 Å². The Kier molecular flexibility index (Phi) is 11.8. The number of hydrogen-bond acceptors (Lipinski definition) is 4. The third kappa shape index (κ3) is 7.27. The van der Waals surface area contributed by atoms with E-state index in [0.29, 0.717) is 18.1 Å². The molecule has 42 heavy (non-hydrogen) atoms. The molecule has 1 fully saturated rings. The van der Waals surface area contributed by atoms with Crippen molar-refractivity contribution in [2.24, 2.45) is 0 Å². The molecule has 4 aromatic rings. The van der Waals surface area contributed by atoms with Crippen LogP contribution in [0.2, 0.25) is 5.02 Å². The summed E-state index contributed by atoms with van der Waals surface area (Å²) in [7, 11) is 1.83. The predicted octanol–water partition coefficient (Wildman–Crippen LogP) is 7.08. The molecule has 5 rings (SSSR count). The number of imidazole rings is 1. The number of amides is 1. The molecule has 0 aliphatic carbocycles. The van der Waals surface area contributed by atoms with Gasteiger partial charge in [0.1, 0.15) is 17.3 Å². The van der Waals surface area contributed by atoms with Gasteiger partial charge in [0.15, 0.2) is 0 Å². The van der Waals surface area contributed by atoms with Gasteiger partial charge in [0.2, 0.25) is 0 Å². The van der Waals surface area contributed by atoms with Gasteiger partial charge >= 0.3 is 0 Å². The Labute approximate surface area is 264 Å². The van der Waals surface area contributed by atoms with Crippen LogP contribution in [0.3, 0.4) is 0 Å². The van der Waals surface area contributed by atoms with E-state index >= 15 is 0 Å². The number of hydrogen-bond donors (Lipinski definition) is 0. The lowest BCUT2D eigenvalue weighted by molar-refractivity contribution is 0.0782. The highest BCUT2D eigenvalue weighted by Crippen LogP contribution is 2.28. The molecule has 1 amide bonds. The lowest BCUT2D eigenvalue weighted by atomic mass is 10.1. The van der Waals surface area contributed by atoms with E-state index in [0.717, 1.165) is 66.7 Å². The zero-order valence-corrected chi connectivity index (χ0v) is 26.5. The minimum atomic E-state index is -0.306. The summed E-state index contributed by atoms with van der Waals surface area (Å²) in [5, 5.41) is 0.807. The van der Waals surface area contributed by atoms with E-state index in [4.69, 9.17) is 16.6 Å². The number of carbonyl (C=O) groups is 1. The quantitative estimate of drug-likeness (QED) is 0.208. The fourth-order valence-electron chi connectivity index (χ4n) is 5.36.